The Balaban J connectivity index is 1.77. The molecule has 29 heavy (non-hydrogen) atoms. The Bertz CT molecular complexity index is 775. The Morgan fingerprint density at radius 3 is 2.55 bits per heavy atom. The summed E-state index contributed by atoms with van der Waals surface area (Å²) in [6.45, 7) is 6.48. The van der Waals surface area contributed by atoms with E-state index >= 15 is 0 Å². The molecular weight excluding hydrogens is 428 g/mol. The monoisotopic (exact) mass is 458 g/mol. The first-order valence-electron chi connectivity index (χ1n) is 10.2. The van der Waals surface area contributed by atoms with Gasteiger partial charge in [-0.3, -0.25) is 4.79 Å². The van der Waals surface area contributed by atoms with E-state index in [4.69, 9.17) is 4.74 Å². The number of rotatable bonds is 14. The summed E-state index contributed by atoms with van der Waals surface area (Å²) < 4.78 is 6.83. The standard InChI is InChI=1S/C24H31BrN2O2/c1-3-4-15-27-16-7-5-6-8-17-29-21-13-14-22(23(18-21)26-2)24(28)19-9-11-20(25)12-10-19/h3,9-14,18,26-27H,1,4-8,15-17H2,2H3. The summed E-state index contributed by atoms with van der Waals surface area (Å²) in [4.78, 5) is 12.8. The molecular formula is C24H31BrN2O2. The van der Waals surface area contributed by atoms with Gasteiger partial charge in [-0.2, -0.15) is 0 Å². The van der Waals surface area contributed by atoms with Crippen LogP contribution in [0, 0.1) is 0 Å². The highest BCUT2D eigenvalue weighted by Gasteiger charge is 2.14. The number of carbonyl (C=O) groups excluding carboxylic acids is 1. The number of ether oxygens (including phenoxy) is 1. The second-order valence-corrected chi connectivity index (χ2v) is 7.80. The van der Waals surface area contributed by atoms with E-state index in [1.54, 1.807) is 0 Å². The van der Waals surface area contributed by atoms with Gasteiger partial charge in [0, 0.05) is 34.4 Å². The topological polar surface area (TPSA) is 50.4 Å². The second-order valence-electron chi connectivity index (χ2n) is 6.88. The Kier molecular flexibility index (Phi) is 10.5. The average molecular weight is 459 g/mol. The number of anilines is 1. The average Bonchev–Trinajstić information content (AvgIpc) is 2.75. The molecule has 2 aromatic rings. The predicted molar refractivity (Wildman–Crippen MR) is 125 cm³/mol. The van der Waals surface area contributed by atoms with Gasteiger partial charge < -0.3 is 15.4 Å². The Morgan fingerprint density at radius 2 is 1.83 bits per heavy atom. The SMILES string of the molecule is C=CCCNCCCCCCOc1ccc(C(=O)c2ccc(Br)cc2)c(NC)c1. The molecule has 2 aromatic carbocycles. The maximum absolute atomic E-state index is 12.8. The molecule has 4 nitrogen and oxygen atoms in total. The number of benzene rings is 2. The second kappa shape index (κ2) is 13.2. The van der Waals surface area contributed by atoms with Crippen LogP contribution in [0.5, 0.6) is 5.75 Å². The van der Waals surface area contributed by atoms with Crippen molar-refractivity contribution in [3.63, 3.8) is 0 Å². The summed E-state index contributed by atoms with van der Waals surface area (Å²) in [5, 5.41) is 6.52. The molecule has 0 fully saturated rings. The number of halogens is 1. The van der Waals surface area contributed by atoms with Gasteiger partial charge in [-0.15, -0.1) is 6.58 Å². The van der Waals surface area contributed by atoms with E-state index in [1.165, 1.54) is 12.8 Å². The van der Waals surface area contributed by atoms with E-state index in [1.807, 2.05) is 55.6 Å². The van der Waals surface area contributed by atoms with Gasteiger partial charge in [0.1, 0.15) is 5.75 Å². The fourth-order valence-electron chi connectivity index (χ4n) is 3.00. The van der Waals surface area contributed by atoms with E-state index < -0.39 is 0 Å². The molecule has 0 amide bonds. The van der Waals surface area contributed by atoms with Crippen molar-refractivity contribution in [1.29, 1.82) is 0 Å². The van der Waals surface area contributed by atoms with Crippen LogP contribution in [0.3, 0.4) is 0 Å². The highest BCUT2D eigenvalue weighted by Crippen LogP contribution is 2.25. The summed E-state index contributed by atoms with van der Waals surface area (Å²) in [6.07, 6.45) is 7.53. The van der Waals surface area contributed by atoms with Gasteiger partial charge in [0.15, 0.2) is 5.78 Å². The third-order valence-electron chi connectivity index (χ3n) is 4.65. The molecule has 156 valence electrons. The lowest BCUT2D eigenvalue weighted by molar-refractivity contribution is 0.103. The summed E-state index contributed by atoms with van der Waals surface area (Å²) >= 11 is 3.40. The zero-order valence-corrected chi connectivity index (χ0v) is 18.8. The van der Waals surface area contributed by atoms with Crippen LogP contribution in [-0.4, -0.2) is 32.5 Å². The molecule has 0 aliphatic carbocycles. The van der Waals surface area contributed by atoms with Crippen LogP contribution in [0.25, 0.3) is 0 Å². The fourth-order valence-corrected chi connectivity index (χ4v) is 3.26. The lowest BCUT2D eigenvalue weighted by Crippen LogP contribution is -2.15. The molecule has 0 saturated heterocycles. The van der Waals surface area contributed by atoms with Gasteiger partial charge in [-0.05, 0) is 68.8 Å². The number of ketones is 1. The molecule has 2 N–H and O–H groups in total. The van der Waals surface area contributed by atoms with Gasteiger partial charge in [-0.1, -0.05) is 34.8 Å². The van der Waals surface area contributed by atoms with Crippen molar-refractivity contribution < 1.29 is 9.53 Å². The van der Waals surface area contributed by atoms with E-state index in [2.05, 4.69) is 33.1 Å². The summed E-state index contributed by atoms with van der Waals surface area (Å²) in [6, 6.07) is 13.0. The first-order chi connectivity index (χ1) is 14.2. The van der Waals surface area contributed by atoms with Crippen LogP contribution in [0.15, 0.2) is 59.6 Å². The molecule has 0 saturated carbocycles. The Hall–Kier alpha value is -2.11. The highest BCUT2D eigenvalue weighted by molar-refractivity contribution is 9.10. The first kappa shape index (κ1) is 23.2. The molecule has 0 aliphatic heterocycles. The largest absolute Gasteiger partial charge is 0.494 e. The van der Waals surface area contributed by atoms with Crippen molar-refractivity contribution in [1.82, 2.24) is 5.32 Å². The molecule has 0 radical (unpaired) electrons. The zero-order chi connectivity index (χ0) is 20.9. The molecule has 5 heteroatoms. The van der Waals surface area contributed by atoms with Crippen molar-refractivity contribution in [2.45, 2.75) is 32.1 Å². The van der Waals surface area contributed by atoms with Gasteiger partial charge in [0.2, 0.25) is 0 Å². The number of hydrogen-bond acceptors (Lipinski definition) is 4. The Morgan fingerprint density at radius 1 is 1.07 bits per heavy atom. The van der Waals surface area contributed by atoms with Crippen molar-refractivity contribution in [3.8, 4) is 5.75 Å². The maximum atomic E-state index is 12.8. The van der Waals surface area contributed by atoms with Gasteiger partial charge >= 0.3 is 0 Å². The van der Waals surface area contributed by atoms with Crippen molar-refractivity contribution >= 4 is 27.4 Å². The van der Waals surface area contributed by atoms with Crippen LogP contribution in [-0.2, 0) is 0 Å². The molecule has 0 unspecified atom stereocenters. The van der Waals surface area contributed by atoms with E-state index in [9.17, 15) is 4.79 Å². The normalized spacial score (nSPS) is 10.6. The summed E-state index contributed by atoms with van der Waals surface area (Å²) in [7, 11) is 1.82. The molecule has 0 aromatic heterocycles. The smallest absolute Gasteiger partial charge is 0.195 e. The van der Waals surface area contributed by atoms with Crippen LogP contribution >= 0.6 is 15.9 Å². The van der Waals surface area contributed by atoms with Gasteiger partial charge in [0.25, 0.3) is 0 Å². The summed E-state index contributed by atoms with van der Waals surface area (Å²) in [5.74, 6) is 0.780. The highest BCUT2D eigenvalue weighted by atomic mass is 79.9. The zero-order valence-electron chi connectivity index (χ0n) is 17.2. The molecule has 2 rings (SSSR count). The van der Waals surface area contributed by atoms with Crippen molar-refractivity contribution in [2.75, 3.05) is 32.1 Å². The number of nitrogens with one attached hydrogen (secondary N) is 2. The quantitative estimate of drug-likeness (QED) is 0.212. The van der Waals surface area contributed by atoms with Crippen molar-refractivity contribution in [3.05, 3.63) is 70.7 Å². The van der Waals surface area contributed by atoms with Gasteiger partial charge in [-0.25, -0.2) is 0 Å². The third kappa shape index (κ3) is 8.03. The van der Waals surface area contributed by atoms with E-state index in [0.29, 0.717) is 17.7 Å². The summed E-state index contributed by atoms with van der Waals surface area (Å²) in [5.41, 5.74) is 2.09. The lowest BCUT2D eigenvalue weighted by atomic mass is 10.0. The number of carbonyl (C=O) groups is 1. The first-order valence-corrected chi connectivity index (χ1v) is 11.0. The van der Waals surface area contributed by atoms with Crippen LogP contribution in [0.1, 0.15) is 48.0 Å². The van der Waals surface area contributed by atoms with Crippen LogP contribution < -0.4 is 15.4 Å². The van der Waals surface area contributed by atoms with Crippen LogP contribution in [0.4, 0.5) is 5.69 Å². The minimum absolute atomic E-state index is 0.00454. The van der Waals surface area contributed by atoms with E-state index in [-0.39, 0.29) is 5.78 Å². The fraction of sp³-hybridized carbons (Fsp3) is 0.375. The molecule has 0 spiro atoms. The lowest BCUT2D eigenvalue weighted by Gasteiger charge is -2.12. The minimum Gasteiger partial charge on any atom is -0.494 e. The number of hydrogen-bond donors (Lipinski definition) is 2. The molecule has 0 bridgehead atoms. The minimum atomic E-state index is -0.00454. The predicted octanol–water partition coefficient (Wildman–Crippen LogP) is 5.83. The van der Waals surface area contributed by atoms with E-state index in [0.717, 1.165) is 48.3 Å². The van der Waals surface area contributed by atoms with Gasteiger partial charge in [0.05, 0.1) is 6.61 Å². The van der Waals surface area contributed by atoms with Crippen molar-refractivity contribution in [2.24, 2.45) is 0 Å². The molecule has 0 atom stereocenters. The van der Waals surface area contributed by atoms with Crippen LogP contribution in [0.2, 0.25) is 0 Å². The third-order valence-corrected chi connectivity index (χ3v) is 5.18. The Labute approximate surface area is 182 Å². The number of unbranched alkanes of at least 4 members (excludes halogenated alkanes) is 3. The molecule has 0 heterocycles. The molecule has 0 aliphatic rings. The maximum Gasteiger partial charge on any atom is 0.195 e.